The molecule has 1 saturated carbocycles. The van der Waals surface area contributed by atoms with Gasteiger partial charge in [-0.3, -0.25) is 4.79 Å². The second-order valence-electron chi connectivity index (χ2n) is 9.77. The first-order chi connectivity index (χ1) is 16.5. The van der Waals surface area contributed by atoms with E-state index in [1.165, 1.54) is 5.69 Å². The van der Waals surface area contributed by atoms with Crippen molar-refractivity contribution >= 4 is 23.5 Å². The zero-order valence-corrected chi connectivity index (χ0v) is 20.7. The maximum absolute atomic E-state index is 11.3. The van der Waals surface area contributed by atoms with E-state index in [0.717, 1.165) is 74.6 Å². The Labute approximate surface area is 203 Å². The van der Waals surface area contributed by atoms with Gasteiger partial charge in [-0.2, -0.15) is 0 Å². The van der Waals surface area contributed by atoms with Crippen molar-refractivity contribution in [2.24, 2.45) is 5.92 Å². The number of rotatable bonds is 11. The van der Waals surface area contributed by atoms with E-state index in [4.69, 9.17) is 14.2 Å². The van der Waals surface area contributed by atoms with Crippen molar-refractivity contribution in [3.8, 4) is 5.75 Å². The molecule has 2 aromatic rings. The summed E-state index contributed by atoms with van der Waals surface area (Å²) >= 11 is 0. The van der Waals surface area contributed by atoms with Gasteiger partial charge in [0.2, 0.25) is 0 Å². The Bertz CT molecular complexity index is 934. The van der Waals surface area contributed by atoms with E-state index < -0.39 is 5.60 Å². The van der Waals surface area contributed by atoms with Gasteiger partial charge in [0.15, 0.2) is 0 Å². The van der Waals surface area contributed by atoms with Crippen LogP contribution in [0.3, 0.4) is 0 Å². The Morgan fingerprint density at radius 1 is 1.15 bits per heavy atom. The lowest BCUT2D eigenvalue weighted by Crippen LogP contribution is -2.42. The molecule has 0 aromatic heterocycles. The van der Waals surface area contributed by atoms with Gasteiger partial charge in [-0.25, -0.2) is 0 Å². The van der Waals surface area contributed by atoms with Gasteiger partial charge in [0, 0.05) is 31.5 Å². The van der Waals surface area contributed by atoms with Crippen LogP contribution in [-0.2, 0) is 19.9 Å². The summed E-state index contributed by atoms with van der Waals surface area (Å²) in [6, 6.07) is 15.0. The monoisotopic (exact) mass is 466 g/mol. The van der Waals surface area contributed by atoms with Gasteiger partial charge >= 0.3 is 0 Å². The molecule has 2 fully saturated rings. The molecule has 6 heteroatoms. The van der Waals surface area contributed by atoms with Gasteiger partial charge in [0.05, 0.1) is 18.0 Å². The molecule has 2 aliphatic rings. The minimum absolute atomic E-state index is 0.437. The molecular formula is C28H38N2O4. The van der Waals surface area contributed by atoms with Gasteiger partial charge in [0.25, 0.3) is 6.47 Å². The van der Waals surface area contributed by atoms with Crippen LogP contribution in [0.4, 0.5) is 17.1 Å². The molecular weight excluding hydrogens is 428 g/mol. The van der Waals surface area contributed by atoms with Crippen LogP contribution in [0, 0.1) is 5.92 Å². The first-order valence-corrected chi connectivity index (χ1v) is 12.6. The fraction of sp³-hybridized carbons (Fsp3) is 0.536. The van der Waals surface area contributed by atoms with E-state index in [1.54, 1.807) is 0 Å². The lowest BCUT2D eigenvalue weighted by atomic mass is 9.74. The number of hydrogen-bond donors (Lipinski definition) is 1. The molecule has 2 aromatic carbocycles. The van der Waals surface area contributed by atoms with Crippen molar-refractivity contribution in [3.63, 3.8) is 0 Å². The van der Waals surface area contributed by atoms with Gasteiger partial charge in [-0.15, -0.1) is 0 Å². The van der Waals surface area contributed by atoms with Crippen molar-refractivity contribution in [1.29, 1.82) is 0 Å². The molecule has 0 bridgehead atoms. The molecule has 1 heterocycles. The van der Waals surface area contributed by atoms with E-state index in [2.05, 4.69) is 42.3 Å². The SMILES string of the molecule is CCOc1ccc(Nc2cc(C3(OC=O)CCC3)ccc2N(CC(C)C)C2CCOCC2)cc1. The third kappa shape index (κ3) is 5.49. The summed E-state index contributed by atoms with van der Waals surface area (Å²) in [7, 11) is 0. The summed E-state index contributed by atoms with van der Waals surface area (Å²) < 4.78 is 16.9. The lowest BCUT2D eigenvalue weighted by Gasteiger charge is -2.42. The van der Waals surface area contributed by atoms with Crippen LogP contribution in [0.15, 0.2) is 42.5 Å². The molecule has 0 unspecified atom stereocenters. The van der Waals surface area contributed by atoms with Crippen molar-refractivity contribution in [3.05, 3.63) is 48.0 Å². The minimum atomic E-state index is -0.503. The normalized spacial score (nSPS) is 17.6. The molecule has 184 valence electrons. The maximum atomic E-state index is 11.3. The van der Waals surface area contributed by atoms with Gasteiger partial charge in [0.1, 0.15) is 11.4 Å². The van der Waals surface area contributed by atoms with Crippen molar-refractivity contribution in [2.75, 3.05) is 36.6 Å². The third-order valence-electron chi connectivity index (χ3n) is 6.90. The van der Waals surface area contributed by atoms with Crippen LogP contribution >= 0.6 is 0 Å². The average molecular weight is 467 g/mol. The summed E-state index contributed by atoms with van der Waals surface area (Å²) in [6.07, 6.45) is 4.84. The lowest BCUT2D eigenvalue weighted by molar-refractivity contribution is -0.155. The number of ether oxygens (including phenoxy) is 3. The predicted octanol–water partition coefficient (Wildman–Crippen LogP) is 6.02. The van der Waals surface area contributed by atoms with Crippen LogP contribution < -0.4 is 15.0 Å². The largest absolute Gasteiger partial charge is 0.494 e. The quantitative estimate of drug-likeness (QED) is 0.409. The zero-order chi connectivity index (χ0) is 24.0. The van der Waals surface area contributed by atoms with E-state index in [-0.39, 0.29) is 0 Å². The summed E-state index contributed by atoms with van der Waals surface area (Å²) in [4.78, 5) is 13.8. The Morgan fingerprint density at radius 2 is 1.88 bits per heavy atom. The second-order valence-corrected chi connectivity index (χ2v) is 9.77. The molecule has 34 heavy (non-hydrogen) atoms. The Hall–Kier alpha value is -2.73. The van der Waals surface area contributed by atoms with Gasteiger partial charge in [-0.05, 0) is 86.9 Å². The number of nitrogens with one attached hydrogen (secondary N) is 1. The van der Waals surface area contributed by atoms with Gasteiger partial charge in [-0.1, -0.05) is 19.9 Å². The number of carbonyl (C=O) groups excluding carboxylic acids is 1. The summed E-state index contributed by atoms with van der Waals surface area (Å²) in [5, 5.41) is 3.67. The number of hydrogen-bond acceptors (Lipinski definition) is 6. The summed E-state index contributed by atoms with van der Waals surface area (Å²) in [6.45, 7) is 10.3. The number of anilines is 3. The summed E-state index contributed by atoms with van der Waals surface area (Å²) in [5.74, 6) is 1.38. The van der Waals surface area contributed by atoms with Crippen LogP contribution in [-0.4, -0.2) is 38.9 Å². The Morgan fingerprint density at radius 3 is 2.47 bits per heavy atom. The molecule has 4 rings (SSSR count). The third-order valence-corrected chi connectivity index (χ3v) is 6.90. The van der Waals surface area contributed by atoms with E-state index in [1.807, 2.05) is 31.2 Å². The topological polar surface area (TPSA) is 60.0 Å². The highest BCUT2D eigenvalue weighted by molar-refractivity contribution is 5.77. The molecule has 1 aliphatic heterocycles. The van der Waals surface area contributed by atoms with Crippen molar-refractivity contribution < 1.29 is 19.0 Å². The van der Waals surface area contributed by atoms with Crippen LogP contribution in [0.5, 0.6) is 5.75 Å². The number of nitrogens with zero attached hydrogens (tertiary/aromatic N) is 1. The second kappa shape index (κ2) is 11.1. The van der Waals surface area contributed by atoms with E-state index in [0.29, 0.717) is 25.0 Å². The molecule has 6 nitrogen and oxygen atoms in total. The molecule has 1 saturated heterocycles. The van der Waals surface area contributed by atoms with E-state index >= 15 is 0 Å². The highest BCUT2D eigenvalue weighted by atomic mass is 16.5. The Kier molecular flexibility index (Phi) is 7.99. The standard InChI is InChI=1S/C28H38N2O4/c1-4-33-25-9-7-23(8-10-25)29-26-18-22(28(34-20-31)14-5-15-28)6-11-27(26)30(19-21(2)3)24-12-16-32-17-13-24/h6-11,18,20-21,24,29H,4-5,12-17,19H2,1-3H3. The molecule has 0 amide bonds. The molecule has 1 aliphatic carbocycles. The fourth-order valence-corrected chi connectivity index (χ4v) is 5.03. The molecule has 0 atom stereocenters. The highest BCUT2D eigenvalue weighted by Gasteiger charge is 2.41. The first-order valence-electron chi connectivity index (χ1n) is 12.6. The van der Waals surface area contributed by atoms with E-state index in [9.17, 15) is 4.79 Å². The van der Waals surface area contributed by atoms with Crippen LogP contribution in [0.2, 0.25) is 0 Å². The number of carbonyl (C=O) groups is 1. The highest BCUT2D eigenvalue weighted by Crippen LogP contribution is 2.46. The smallest absolute Gasteiger partial charge is 0.293 e. The van der Waals surface area contributed by atoms with Crippen LogP contribution in [0.1, 0.15) is 58.4 Å². The van der Waals surface area contributed by atoms with Crippen LogP contribution in [0.25, 0.3) is 0 Å². The Balaban J connectivity index is 1.72. The number of benzene rings is 2. The predicted molar refractivity (Wildman–Crippen MR) is 136 cm³/mol. The average Bonchev–Trinajstić information content (AvgIpc) is 2.82. The molecule has 0 spiro atoms. The maximum Gasteiger partial charge on any atom is 0.293 e. The zero-order valence-electron chi connectivity index (χ0n) is 20.7. The fourth-order valence-electron chi connectivity index (χ4n) is 5.03. The van der Waals surface area contributed by atoms with Crippen molar-refractivity contribution in [2.45, 2.75) is 64.5 Å². The first kappa shape index (κ1) is 24.4. The minimum Gasteiger partial charge on any atom is -0.494 e. The molecule has 0 radical (unpaired) electrons. The van der Waals surface area contributed by atoms with Crippen molar-refractivity contribution in [1.82, 2.24) is 0 Å². The molecule has 1 N–H and O–H groups in total. The van der Waals surface area contributed by atoms with Gasteiger partial charge < -0.3 is 24.4 Å². The summed E-state index contributed by atoms with van der Waals surface area (Å²) in [5.41, 5.74) is 3.77.